The molecule has 0 aromatic heterocycles. The summed E-state index contributed by atoms with van der Waals surface area (Å²) in [5.41, 5.74) is 2.10. The monoisotopic (exact) mass is 203 g/mol. The minimum atomic E-state index is 0.138. The lowest BCUT2D eigenvalue weighted by Gasteiger charge is -2.37. The Morgan fingerprint density at radius 3 is 2.40 bits per heavy atom. The number of hydrogen-bond donors (Lipinski definition) is 0. The number of carbonyl (C=O) groups is 1. The van der Waals surface area contributed by atoms with E-state index in [0.717, 1.165) is 18.0 Å². The summed E-state index contributed by atoms with van der Waals surface area (Å²) in [5.74, 6) is 0.987. The fourth-order valence-corrected chi connectivity index (χ4v) is 2.06. The van der Waals surface area contributed by atoms with Crippen molar-refractivity contribution in [3.05, 3.63) is 35.4 Å². The maximum absolute atomic E-state index is 11.1. The van der Waals surface area contributed by atoms with Crippen molar-refractivity contribution in [3.8, 4) is 0 Å². The molecule has 0 aliphatic carbocycles. The molecule has 0 bridgehead atoms. The van der Waals surface area contributed by atoms with Crippen LogP contribution in [0.4, 0.5) is 0 Å². The van der Waals surface area contributed by atoms with Gasteiger partial charge in [0.25, 0.3) is 0 Å². The Balaban J connectivity index is 1.95. The number of Topliss-reactive ketones (excluding diaryl/α,β-unsaturated/α-hetero) is 1. The number of hydrogen-bond acceptors (Lipinski definition) is 2. The van der Waals surface area contributed by atoms with Gasteiger partial charge >= 0.3 is 0 Å². The minimum absolute atomic E-state index is 0.138. The number of benzene rings is 1. The zero-order valence-corrected chi connectivity index (χ0v) is 9.36. The first-order chi connectivity index (χ1) is 7.15. The molecule has 1 aromatic rings. The first-order valence-electron chi connectivity index (χ1n) is 5.47. The number of ketones is 1. The van der Waals surface area contributed by atoms with Crippen LogP contribution in [0, 0.1) is 5.92 Å². The van der Waals surface area contributed by atoms with Crippen molar-refractivity contribution in [2.24, 2.45) is 5.92 Å². The van der Waals surface area contributed by atoms with Crippen LogP contribution in [0.1, 0.15) is 29.8 Å². The van der Waals surface area contributed by atoms with Crippen LogP contribution in [0.15, 0.2) is 24.3 Å². The summed E-state index contributed by atoms with van der Waals surface area (Å²) in [6.07, 6.45) is 0. The Labute approximate surface area is 90.9 Å². The normalized spacial score (nSPS) is 17.5. The molecule has 1 aliphatic rings. The first-order valence-corrected chi connectivity index (χ1v) is 5.47. The highest BCUT2D eigenvalue weighted by Crippen LogP contribution is 2.17. The van der Waals surface area contributed by atoms with Gasteiger partial charge in [-0.25, -0.2) is 0 Å². The second-order valence-corrected chi connectivity index (χ2v) is 4.55. The van der Waals surface area contributed by atoms with Gasteiger partial charge in [-0.15, -0.1) is 0 Å². The van der Waals surface area contributed by atoms with Gasteiger partial charge in [0.05, 0.1) is 0 Å². The van der Waals surface area contributed by atoms with E-state index in [1.165, 1.54) is 18.7 Å². The van der Waals surface area contributed by atoms with E-state index >= 15 is 0 Å². The molecule has 1 heterocycles. The van der Waals surface area contributed by atoms with Crippen LogP contribution in [0.5, 0.6) is 0 Å². The highest BCUT2D eigenvalue weighted by Gasteiger charge is 2.21. The Morgan fingerprint density at radius 2 is 1.93 bits per heavy atom. The van der Waals surface area contributed by atoms with Gasteiger partial charge in [-0.2, -0.15) is 0 Å². The molecule has 0 saturated carbocycles. The second kappa shape index (κ2) is 4.15. The number of nitrogens with zero attached hydrogens (tertiary/aromatic N) is 1. The van der Waals surface area contributed by atoms with Gasteiger partial charge < -0.3 is 0 Å². The Hall–Kier alpha value is -1.15. The Morgan fingerprint density at radius 1 is 1.33 bits per heavy atom. The fraction of sp³-hybridized carbons (Fsp3) is 0.462. The van der Waals surface area contributed by atoms with Gasteiger partial charge in [0, 0.05) is 25.2 Å². The summed E-state index contributed by atoms with van der Waals surface area (Å²) in [7, 11) is 0. The van der Waals surface area contributed by atoms with Crippen LogP contribution in [-0.4, -0.2) is 23.8 Å². The number of carbonyl (C=O) groups excluding carboxylic acids is 1. The predicted molar refractivity (Wildman–Crippen MR) is 60.9 cm³/mol. The quantitative estimate of drug-likeness (QED) is 0.703. The van der Waals surface area contributed by atoms with Crippen molar-refractivity contribution in [1.82, 2.24) is 4.90 Å². The Bertz CT molecular complexity index is 349. The minimum Gasteiger partial charge on any atom is -0.298 e. The first kappa shape index (κ1) is 10.4. The van der Waals surface area contributed by atoms with E-state index in [2.05, 4.69) is 24.0 Å². The third-order valence-electron chi connectivity index (χ3n) is 2.91. The topological polar surface area (TPSA) is 20.3 Å². The average molecular weight is 203 g/mol. The number of likely N-dealkylation sites (tertiary alicyclic amines) is 1. The maximum atomic E-state index is 11.1. The molecule has 0 atom stereocenters. The molecule has 2 heteroatoms. The molecule has 80 valence electrons. The molecule has 1 aromatic carbocycles. The highest BCUT2D eigenvalue weighted by atomic mass is 16.1. The van der Waals surface area contributed by atoms with Crippen LogP contribution in [0.2, 0.25) is 0 Å². The third-order valence-corrected chi connectivity index (χ3v) is 2.91. The zero-order chi connectivity index (χ0) is 10.8. The Kier molecular flexibility index (Phi) is 2.87. The number of rotatable bonds is 3. The molecular weight excluding hydrogens is 186 g/mol. The van der Waals surface area contributed by atoms with Gasteiger partial charge in [0.15, 0.2) is 5.78 Å². The van der Waals surface area contributed by atoms with Crippen LogP contribution in [0.25, 0.3) is 0 Å². The van der Waals surface area contributed by atoms with Crippen molar-refractivity contribution >= 4 is 5.78 Å². The van der Waals surface area contributed by atoms with Gasteiger partial charge in [-0.05, 0) is 18.4 Å². The second-order valence-electron chi connectivity index (χ2n) is 4.55. The summed E-state index contributed by atoms with van der Waals surface area (Å²) < 4.78 is 0. The van der Waals surface area contributed by atoms with E-state index in [9.17, 15) is 4.79 Å². The molecule has 0 spiro atoms. The lowest BCUT2D eigenvalue weighted by atomic mass is 10.0. The molecular formula is C13H17NO. The summed E-state index contributed by atoms with van der Waals surface area (Å²) in [5, 5.41) is 0. The van der Waals surface area contributed by atoms with E-state index < -0.39 is 0 Å². The summed E-state index contributed by atoms with van der Waals surface area (Å²) >= 11 is 0. The van der Waals surface area contributed by atoms with Crippen LogP contribution >= 0.6 is 0 Å². The van der Waals surface area contributed by atoms with Crippen LogP contribution in [-0.2, 0) is 6.54 Å². The standard InChI is InChI=1S/C13H17NO/c1-10-7-14(8-10)9-12-3-5-13(6-4-12)11(2)15/h3-6,10H,7-9H2,1-2H3. The zero-order valence-electron chi connectivity index (χ0n) is 9.36. The molecule has 2 nitrogen and oxygen atoms in total. The lowest BCUT2D eigenvalue weighted by molar-refractivity contribution is 0.101. The summed E-state index contributed by atoms with van der Waals surface area (Å²) in [6.45, 7) is 7.30. The fourth-order valence-electron chi connectivity index (χ4n) is 2.06. The molecule has 1 fully saturated rings. The van der Waals surface area contributed by atoms with Crippen molar-refractivity contribution in [2.45, 2.75) is 20.4 Å². The lowest BCUT2D eigenvalue weighted by Crippen LogP contribution is -2.44. The van der Waals surface area contributed by atoms with E-state index in [0.29, 0.717) is 0 Å². The molecule has 15 heavy (non-hydrogen) atoms. The molecule has 0 amide bonds. The van der Waals surface area contributed by atoms with Gasteiger partial charge in [0.2, 0.25) is 0 Å². The third kappa shape index (κ3) is 2.45. The highest BCUT2D eigenvalue weighted by molar-refractivity contribution is 5.93. The van der Waals surface area contributed by atoms with E-state index in [4.69, 9.17) is 0 Å². The van der Waals surface area contributed by atoms with E-state index in [-0.39, 0.29) is 5.78 Å². The van der Waals surface area contributed by atoms with Gasteiger partial charge in [-0.3, -0.25) is 9.69 Å². The smallest absolute Gasteiger partial charge is 0.159 e. The summed E-state index contributed by atoms with van der Waals surface area (Å²) in [6, 6.07) is 7.95. The largest absolute Gasteiger partial charge is 0.298 e. The molecule has 0 unspecified atom stereocenters. The molecule has 2 rings (SSSR count). The van der Waals surface area contributed by atoms with E-state index in [1.807, 2.05) is 12.1 Å². The molecule has 1 aliphatic heterocycles. The van der Waals surface area contributed by atoms with Crippen molar-refractivity contribution in [3.63, 3.8) is 0 Å². The van der Waals surface area contributed by atoms with Crippen molar-refractivity contribution < 1.29 is 4.79 Å². The molecule has 0 radical (unpaired) electrons. The van der Waals surface area contributed by atoms with Crippen LogP contribution in [0.3, 0.4) is 0 Å². The van der Waals surface area contributed by atoms with Crippen molar-refractivity contribution in [2.75, 3.05) is 13.1 Å². The maximum Gasteiger partial charge on any atom is 0.159 e. The van der Waals surface area contributed by atoms with Crippen molar-refractivity contribution in [1.29, 1.82) is 0 Å². The van der Waals surface area contributed by atoms with E-state index in [1.54, 1.807) is 6.92 Å². The van der Waals surface area contributed by atoms with Gasteiger partial charge in [0.1, 0.15) is 0 Å². The molecule has 0 N–H and O–H groups in total. The SMILES string of the molecule is CC(=O)c1ccc(CN2CC(C)C2)cc1. The summed E-state index contributed by atoms with van der Waals surface area (Å²) in [4.78, 5) is 13.5. The molecule has 1 saturated heterocycles. The average Bonchev–Trinajstić information content (AvgIpc) is 2.16. The van der Waals surface area contributed by atoms with Crippen LogP contribution < -0.4 is 0 Å². The predicted octanol–water partition coefficient (Wildman–Crippen LogP) is 2.34. The van der Waals surface area contributed by atoms with Gasteiger partial charge in [-0.1, -0.05) is 31.2 Å².